The zero-order valence-electron chi connectivity index (χ0n) is 11.0. The van der Waals surface area contributed by atoms with Gasteiger partial charge in [0, 0.05) is 0 Å². The van der Waals surface area contributed by atoms with Crippen molar-refractivity contribution in [3.05, 3.63) is 54.0 Å². The summed E-state index contributed by atoms with van der Waals surface area (Å²) in [5.74, 6) is 0.126. The van der Waals surface area contributed by atoms with Gasteiger partial charge in [0.2, 0.25) is 5.78 Å². The highest BCUT2D eigenvalue weighted by atomic mass is 16.5. The third kappa shape index (κ3) is 3.47. The molecule has 1 aromatic heterocycles. The molecule has 0 saturated heterocycles. The number of ether oxygens (including phenoxy) is 2. The summed E-state index contributed by atoms with van der Waals surface area (Å²) in [6.07, 6.45) is 1.43. The number of esters is 1. The molecule has 1 heterocycles. The van der Waals surface area contributed by atoms with Gasteiger partial charge < -0.3 is 13.9 Å². The first-order valence-corrected chi connectivity index (χ1v) is 6.17. The molecule has 104 valence electrons. The average molecular weight is 274 g/mol. The number of Topliss-reactive ketones (excluding diaryl/α,β-unsaturated/α-hetero) is 1. The Morgan fingerprint density at radius 3 is 2.50 bits per heavy atom. The number of furan rings is 1. The van der Waals surface area contributed by atoms with E-state index in [9.17, 15) is 9.59 Å². The Morgan fingerprint density at radius 2 is 1.90 bits per heavy atom. The fourth-order valence-corrected chi connectivity index (χ4v) is 1.56. The van der Waals surface area contributed by atoms with Crippen LogP contribution in [-0.4, -0.2) is 25.0 Å². The number of carbonyl (C=O) groups excluding carboxylic acids is 2. The topological polar surface area (TPSA) is 65.7 Å². The second-order valence-electron chi connectivity index (χ2n) is 3.93. The molecule has 2 aromatic rings. The van der Waals surface area contributed by atoms with Gasteiger partial charge in [0.15, 0.2) is 12.4 Å². The quantitative estimate of drug-likeness (QED) is 0.598. The Labute approximate surface area is 116 Å². The van der Waals surface area contributed by atoms with E-state index < -0.39 is 0 Å². The lowest BCUT2D eigenvalue weighted by atomic mass is 10.2. The number of carbonyl (C=O) groups is 2. The molecule has 0 radical (unpaired) electrons. The smallest absolute Gasteiger partial charge is 0.338 e. The Morgan fingerprint density at radius 1 is 1.15 bits per heavy atom. The van der Waals surface area contributed by atoms with Crippen molar-refractivity contribution in [3.63, 3.8) is 0 Å². The fraction of sp³-hybridized carbons (Fsp3) is 0.200. The van der Waals surface area contributed by atoms with Crippen molar-refractivity contribution >= 4 is 11.8 Å². The van der Waals surface area contributed by atoms with Gasteiger partial charge in [0.05, 0.1) is 18.4 Å². The molecule has 1 aromatic carbocycles. The van der Waals surface area contributed by atoms with Crippen molar-refractivity contribution in [3.8, 4) is 5.75 Å². The third-order valence-corrected chi connectivity index (χ3v) is 2.53. The molecule has 0 fully saturated rings. The van der Waals surface area contributed by atoms with Gasteiger partial charge in [-0.05, 0) is 43.3 Å². The molecule has 20 heavy (non-hydrogen) atoms. The molecule has 0 unspecified atom stereocenters. The molecule has 0 saturated carbocycles. The normalized spacial score (nSPS) is 10.1. The maximum atomic E-state index is 11.6. The molecule has 2 rings (SSSR count). The van der Waals surface area contributed by atoms with Crippen LogP contribution in [0.1, 0.15) is 27.8 Å². The standard InChI is InChI=1S/C15H14O5/c1-2-18-15(17)11-5-7-12(8-6-11)20-10-13(16)14-4-3-9-19-14/h3-9H,2,10H2,1H3. The van der Waals surface area contributed by atoms with Crippen molar-refractivity contribution in [2.24, 2.45) is 0 Å². The number of ketones is 1. The van der Waals surface area contributed by atoms with E-state index in [2.05, 4.69) is 0 Å². The molecule has 0 bridgehead atoms. The molecule has 0 amide bonds. The summed E-state index contributed by atoms with van der Waals surface area (Å²) in [4.78, 5) is 23.1. The van der Waals surface area contributed by atoms with E-state index in [-0.39, 0.29) is 24.1 Å². The summed E-state index contributed by atoms with van der Waals surface area (Å²) >= 11 is 0. The summed E-state index contributed by atoms with van der Waals surface area (Å²) in [6, 6.07) is 9.62. The van der Waals surface area contributed by atoms with E-state index in [1.165, 1.54) is 6.26 Å². The monoisotopic (exact) mass is 274 g/mol. The summed E-state index contributed by atoms with van der Waals surface area (Å²) in [5.41, 5.74) is 0.441. The van der Waals surface area contributed by atoms with Crippen LogP contribution in [0.25, 0.3) is 0 Å². The van der Waals surface area contributed by atoms with Crippen LogP contribution in [0.3, 0.4) is 0 Å². The Balaban J connectivity index is 1.91. The molecule has 0 spiro atoms. The lowest BCUT2D eigenvalue weighted by molar-refractivity contribution is 0.0526. The van der Waals surface area contributed by atoms with Crippen LogP contribution in [-0.2, 0) is 4.74 Å². The van der Waals surface area contributed by atoms with Crippen LogP contribution >= 0.6 is 0 Å². The van der Waals surface area contributed by atoms with Crippen LogP contribution in [0.15, 0.2) is 47.1 Å². The lowest BCUT2D eigenvalue weighted by Crippen LogP contribution is -2.11. The predicted octanol–water partition coefficient (Wildman–Crippen LogP) is 2.72. The predicted molar refractivity (Wildman–Crippen MR) is 70.9 cm³/mol. The van der Waals surface area contributed by atoms with Gasteiger partial charge in [-0.3, -0.25) is 4.79 Å². The second-order valence-corrected chi connectivity index (χ2v) is 3.93. The van der Waals surface area contributed by atoms with Crippen molar-refractivity contribution in [1.82, 2.24) is 0 Å². The van der Waals surface area contributed by atoms with E-state index in [1.807, 2.05) is 0 Å². The van der Waals surface area contributed by atoms with Crippen molar-refractivity contribution in [2.45, 2.75) is 6.92 Å². The minimum atomic E-state index is -0.384. The zero-order chi connectivity index (χ0) is 14.4. The van der Waals surface area contributed by atoms with Crippen LogP contribution in [0.5, 0.6) is 5.75 Å². The Kier molecular flexibility index (Phi) is 4.55. The van der Waals surface area contributed by atoms with Crippen LogP contribution in [0.4, 0.5) is 0 Å². The average Bonchev–Trinajstić information content (AvgIpc) is 3.00. The molecular formula is C15H14O5. The van der Waals surface area contributed by atoms with Gasteiger partial charge in [0.1, 0.15) is 5.75 Å². The molecule has 0 aliphatic carbocycles. The first-order valence-electron chi connectivity index (χ1n) is 6.17. The van der Waals surface area contributed by atoms with Gasteiger partial charge in [-0.25, -0.2) is 4.79 Å². The lowest BCUT2D eigenvalue weighted by Gasteiger charge is -2.05. The summed E-state index contributed by atoms with van der Waals surface area (Å²) < 4.78 is 15.2. The SMILES string of the molecule is CCOC(=O)c1ccc(OCC(=O)c2ccco2)cc1. The summed E-state index contributed by atoms with van der Waals surface area (Å²) in [6.45, 7) is 1.95. The van der Waals surface area contributed by atoms with Gasteiger partial charge >= 0.3 is 5.97 Å². The molecule has 0 atom stereocenters. The van der Waals surface area contributed by atoms with Crippen molar-refractivity contribution < 1.29 is 23.5 Å². The minimum absolute atomic E-state index is 0.119. The maximum Gasteiger partial charge on any atom is 0.338 e. The number of hydrogen-bond donors (Lipinski definition) is 0. The molecule has 0 aliphatic heterocycles. The van der Waals surface area contributed by atoms with Crippen LogP contribution < -0.4 is 4.74 Å². The van der Waals surface area contributed by atoms with Gasteiger partial charge in [-0.2, -0.15) is 0 Å². The maximum absolute atomic E-state index is 11.6. The van der Waals surface area contributed by atoms with E-state index >= 15 is 0 Å². The molecule has 0 N–H and O–H groups in total. The van der Waals surface area contributed by atoms with E-state index in [0.29, 0.717) is 17.9 Å². The van der Waals surface area contributed by atoms with Crippen molar-refractivity contribution in [2.75, 3.05) is 13.2 Å². The number of rotatable bonds is 6. The Bertz CT molecular complexity index is 569. The van der Waals surface area contributed by atoms with Gasteiger partial charge in [-0.15, -0.1) is 0 Å². The first kappa shape index (κ1) is 13.9. The number of hydrogen-bond acceptors (Lipinski definition) is 5. The molecular weight excluding hydrogens is 260 g/mol. The van der Waals surface area contributed by atoms with Gasteiger partial charge in [-0.1, -0.05) is 0 Å². The summed E-state index contributed by atoms with van der Waals surface area (Å²) in [5, 5.41) is 0. The zero-order valence-corrected chi connectivity index (χ0v) is 11.0. The van der Waals surface area contributed by atoms with E-state index in [0.717, 1.165) is 0 Å². The summed E-state index contributed by atoms with van der Waals surface area (Å²) in [7, 11) is 0. The fourth-order valence-electron chi connectivity index (χ4n) is 1.56. The van der Waals surface area contributed by atoms with Gasteiger partial charge in [0.25, 0.3) is 0 Å². The third-order valence-electron chi connectivity index (χ3n) is 2.53. The van der Waals surface area contributed by atoms with Crippen LogP contribution in [0, 0.1) is 0 Å². The highest BCUT2D eigenvalue weighted by molar-refractivity contribution is 5.94. The number of benzene rings is 1. The minimum Gasteiger partial charge on any atom is -0.485 e. The molecule has 5 heteroatoms. The van der Waals surface area contributed by atoms with E-state index in [4.69, 9.17) is 13.9 Å². The molecule has 0 aliphatic rings. The van der Waals surface area contributed by atoms with Crippen molar-refractivity contribution in [1.29, 1.82) is 0 Å². The second kappa shape index (κ2) is 6.56. The molecule has 5 nitrogen and oxygen atoms in total. The Hall–Kier alpha value is -2.56. The largest absolute Gasteiger partial charge is 0.485 e. The first-order chi connectivity index (χ1) is 9.70. The van der Waals surface area contributed by atoms with E-state index in [1.54, 1.807) is 43.3 Å². The highest BCUT2D eigenvalue weighted by Gasteiger charge is 2.10. The van der Waals surface area contributed by atoms with Crippen LogP contribution in [0.2, 0.25) is 0 Å². The highest BCUT2D eigenvalue weighted by Crippen LogP contribution is 2.13.